The van der Waals surface area contributed by atoms with Gasteiger partial charge in [0.15, 0.2) is 5.11 Å². The van der Waals surface area contributed by atoms with E-state index in [-0.39, 0.29) is 25.0 Å². The number of carboxylic acids is 1. The maximum atomic E-state index is 11.4. The molecule has 3 rings (SSSR count). The fourth-order valence-corrected chi connectivity index (χ4v) is 5.31. The molecule has 0 bridgehead atoms. The summed E-state index contributed by atoms with van der Waals surface area (Å²) in [5.74, 6) is -0.441. The molecule has 0 aliphatic heterocycles. The zero-order chi connectivity index (χ0) is 26.1. The minimum absolute atomic E-state index is 0.0699. The number of benzene rings is 2. The van der Waals surface area contributed by atoms with E-state index in [1.54, 1.807) is 0 Å². The lowest BCUT2D eigenvalue weighted by Gasteiger charge is -2.39. The Balaban J connectivity index is 1.92. The minimum Gasteiger partial charge on any atom is -0.481 e. The fourth-order valence-electron chi connectivity index (χ4n) is 5.06. The van der Waals surface area contributed by atoms with Crippen LogP contribution in [0.25, 0.3) is 0 Å². The van der Waals surface area contributed by atoms with Gasteiger partial charge in [-0.25, -0.2) is 0 Å². The summed E-state index contributed by atoms with van der Waals surface area (Å²) < 4.78 is 0. The van der Waals surface area contributed by atoms with Gasteiger partial charge in [0.25, 0.3) is 0 Å². The lowest BCUT2D eigenvalue weighted by molar-refractivity contribution is -0.137. The van der Waals surface area contributed by atoms with Crippen molar-refractivity contribution in [2.24, 2.45) is 5.92 Å². The Labute approximate surface area is 221 Å². The molecule has 0 aromatic heterocycles. The molecule has 0 amide bonds. The summed E-state index contributed by atoms with van der Waals surface area (Å²) in [6, 6.07) is 16.1. The predicted octanol–water partition coefficient (Wildman–Crippen LogP) is 6.08. The van der Waals surface area contributed by atoms with Crippen molar-refractivity contribution in [2.75, 3.05) is 23.4 Å². The molecule has 1 aliphatic rings. The number of aliphatic carboxylic acids is 1. The Morgan fingerprint density at radius 2 is 1.75 bits per heavy atom. The average Bonchev–Trinajstić information content (AvgIpc) is 2.86. The molecule has 0 radical (unpaired) electrons. The molecule has 1 unspecified atom stereocenters. The maximum absolute atomic E-state index is 11.4. The number of rotatable bonds is 11. The van der Waals surface area contributed by atoms with E-state index in [0.717, 1.165) is 29.0 Å². The van der Waals surface area contributed by atoms with Gasteiger partial charge in [0, 0.05) is 12.6 Å². The van der Waals surface area contributed by atoms with Gasteiger partial charge in [0.1, 0.15) is 0 Å². The van der Waals surface area contributed by atoms with Crippen LogP contribution in [0.4, 0.5) is 11.4 Å². The van der Waals surface area contributed by atoms with Crippen molar-refractivity contribution in [3.05, 3.63) is 59.7 Å². The van der Waals surface area contributed by atoms with E-state index < -0.39 is 5.97 Å². The maximum Gasteiger partial charge on any atom is 0.303 e. The van der Waals surface area contributed by atoms with Crippen molar-refractivity contribution in [2.45, 2.75) is 77.3 Å². The highest BCUT2D eigenvalue weighted by atomic mass is 32.1. The highest BCUT2D eigenvalue weighted by Crippen LogP contribution is 2.36. The van der Waals surface area contributed by atoms with Crippen molar-refractivity contribution in [1.29, 1.82) is 0 Å². The Bertz CT molecular complexity index is 993. The standard InChI is InChI=1S/C29H41N3O3S/c1-20(2)18-32(24-12-8-5-9-13-24)27-15-14-23(21(3)16-28(34)35)17-25(27)30-29(36)31-26(19-33)22-10-6-4-7-11-22/h4,6-7,10-11,14-15,17,20-21,24,26,33H,5,8-9,12-13,16,18-19H2,1-3H3,(H,34,35)(H2,30,31,36)/t21?,26-/m0/s1. The summed E-state index contributed by atoms with van der Waals surface area (Å²) in [6.45, 7) is 7.27. The molecule has 1 fully saturated rings. The van der Waals surface area contributed by atoms with E-state index in [9.17, 15) is 15.0 Å². The van der Waals surface area contributed by atoms with Gasteiger partial charge in [-0.15, -0.1) is 0 Å². The van der Waals surface area contributed by atoms with Crippen LogP contribution in [0.15, 0.2) is 48.5 Å². The van der Waals surface area contributed by atoms with E-state index in [1.165, 1.54) is 32.1 Å². The zero-order valence-corrected chi connectivity index (χ0v) is 22.6. The highest BCUT2D eigenvalue weighted by Gasteiger charge is 2.25. The molecule has 196 valence electrons. The Hall–Kier alpha value is -2.64. The fraction of sp³-hybridized carbons (Fsp3) is 0.517. The van der Waals surface area contributed by atoms with Crippen LogP contribution in [0, 0.1) is 5.92 Å². The number of nitrogens with one attached hydrogen (secondary N) is 2. The topological polar surface area (TPSA) is 84.8 Å². The monoisotopic (exact) mass is 511 g/mol. The summed E-state index contributed by atoms with van der Waals surface area (Å²) >= 11 is 5.70. The molecule has 4 N–H and O–H groups in total. The van der Waals surface area contributed by atoms with Gasteiger partial charge in [-0.3, -0.25) is 4.79 Å². The van der Waals surface area contributed by atoms with Gasteiger partial charge >= 0.3 is 5.97 Å². The van der Waals surface area contributed by atoms with E-state index in [2.05, 4.69) is 41.5 Å². The molecule has 2 aromatic carbocycles. The first-order chi connectivity index (χ1) is 17.3. The zero-order valence-electron chi connectivity index (χ0n) is 21.7. The van der Waals surface area contributed by atoms with E-state index >= 15 is 0 Å². The minimum atomic E-state index is -0.810. The molecule has 2 atom stereocenters. The number of carbonyl (C=O) groups is 1. The second-order valence-electron chi connectivity index (χ2n) is 10.4. The number of hydrogen-bond donors (Lipinski definition) is 4. The van der Waals surface area contributed by atoms with Crippen LogP contribution in [-0.4, -0.2) is 40.5 Å². The molecule has 0 saturated heterocycles. The molecule has 2 aromatic rings. The second-order valence-corrected chi connectivity index (χ2v) is 10.8. The first-order valence-corrected chi connectivity index (χ1v) is 13.5. The van der Waals surface area contributed by atoms with Crippen LogP contribution in [0.2, 0.25) is 0 Å². The van der Waals surface area contributed by atoms with Gasteiger partial charge in [0.05, 0.1) is 30.4 Å². The quantitative estimate of drug-likeness (QED) is 0.272. The van der Waals surface area contributed by atoms with Crippen LogP contribution in [0.3, 0.4) is 0 Å². The van der Waals surface area contributed by atoms with E-state index in [1.807, 2.05) is 43.3 Å². The summed E-state index contributed by atoms with van der Waals surface area (Å²) in [5, 5.41) is 26.4. The number of carboxylic acid groups (broad SMARTS) is 1. The second kappa shape index (κ2) is 13.6. The Morgan fingerprint density at radius 1 is 1.06 bits per heavy atom. The van der Waals surface area contributed by atoms with Crippen molar-refractivity contribution >= 4 is 34.7 Å². The van der Waals surface area contributed by atoms with E-state index in [0.29, 0.717) is 17.1 Å². The van der Waals surface area contributed by atoms with Crippen LogP contribution in [0.1, 0.15) is 82.4 Å². The van der Waals surface area contributed by atoms with Crippen molar-refractivity contribution in [3.63, 3.8) is 0 Å². The molecule has 7 heteroatoms. The third kappa shape index (κ3) is 7.93. The van der Waals surface area contributed by atoms with Gasteiger partial charge in [-0.1, -0.05) is 76.4 Å². The third-order valence-corrected chi connectivity index (χ3v) is 7.12. The number of anilines is 2. The van der Waals surface area contributed by atoms with Crippen LogP contribution < -0.4 is 15.5 Å². The lowest BCUT2D eigenvalue weighted by Crippen LogP contribution is -2.40. The Kier molecular flexibility index (Phi) is 10.6. The summed E-state index contributed by atoms with van der Waals surface area (Å²) in [6.07, 6.45) is 6.19. The third-order valence-electron chi connectivity index (χ3n) is 6.90. The van der Waals surface area contributed by atoms with Gasteiger partial charge in [-0.05, 0) is 60.2 Å². The number of aliphatic hydroxyl groups excluding tert-OH is 1. The van der Waals surface area contributed by atoms with Gasteiger partial charge in [-0.2, -0.15) is 0 Å². The Morgan fingerprint density at radius 3 is 2.36 bits per heavy atom. The van der Waals surface area contributed by atoms with Gasteiger partial charge in [0.2, 0.25) is 0 Å². The van der Waals surface area contributed by atoms with Crippen LogP contribution in [0.5, 0.6) is 0 Å². The van der Waals surface area contributed by atoms with Gasteiger partial charge < -0.3 is 25.7 Å². The average molecular weight is 512 g/mol. The number of hydrogen-bond acceptors (Lipinski definition) is 4. The van der Waals surface area contributed by atoms with E-state index in [4.69, 9.17) is 12.2 Å². The van der Waals surface area contributed by atoms with Crippen LogP contribution in [-0.2, 0) is 4.79 Å². The summed E-state index contributed by atoms with van der Waals surface area (Å²) in [7, 11) is 0. The SMILES string of the molecule is CC(C)CN(c1ccc(C(C)CC(=O)O)cc1NC(=S)N[C@@H](CO)c1ccccc1)C1CCCCC1. The first-order valence-electron chi connectivity index (χ1n) is 13.1. The van der Waals surface area contributed by atoms with Crippen LogP contribution >= 0.6 is 12.2 Å². The smallest absolute Gasteiger partial charge is 0.303 e. The largest absolute Gasteiger partial charge is 0.481 e. The number of thiocarbonyl (C=S) groups is 1. The summed E-state index contributed by atoms with van der Waals surface area (Å²) in [5.41, 5.74) is 3.88. The predicted molar refractivity (Wildman–Crippen MR) is 152 cm³/mol. The number of aliphatic hydroxyl groups is 1. The molecule has 1 aliphatic carbocycles. The highest BCUT2D eigenvalue weighted by molar-refractivity contribution is 7.80. The summed E-state index contributed by atoms with van der Waals surface area (Å²) in [4.78, 5) is 13.9. The molecule has 0 spiro atoms. The molecular formula is C29H41N3O3S. The molecule has 1 saturated carbocycles. The van der Waals surface area contributed by atoms with Crippen molar-refractivity contribution < 1.29 is 15.0 Å². The normalized spacial score (nSPS) is 15.8. The first kappa shape index (κ1) is 27.9. The molecule has 6 nitrogen and oxygen atoms in total. The molecule has 36 heavy (non-hydrogen) atoms. The molecule has 0 heterocycles. The lowest BCUT2D eigenvalue weighted by atomic mass is 9.92. The number of nitrogens with zero attached hydrogens (tertiary/aromatic N) is 1. The molecular weight excluding hydrogens is 470 g/mol. The van der Waals surface area contributed by atoms with Crippen molar-refractivity contribution in [1.82, 2.24) is 5.32 Å². The van der Waals surface area contributed by atoms with Crippen molar-refractivity contribution in [3.8, 4) is 0 Å².